The summed E-state index contributed by atoms with van der Waals surface area (Å²) in [5.41, 5.74) is 0.388. The van der Waals surface area contributed by atoms with Crippen molar-refractivity contribution in [1.82, 2.24) is 0 Å². The van der Waals surface area contributed by atoms with Gasteiger partial charge in [0.2, 0.25) is 0 Å². The van der Waals surface area contributed by atoms with Crippen LogP contribution in [0.5, 0.6) is 0 Å². The first-order valence-corrected chi connectivity index (χ1v) is 14.6. The number of aromatic carboxylic acids is 1. The number of halogens is 2. The normalized spacial score (nSPS) is 10.6. The molecule has 2 nitrogen and oxygen atoms in total. The molecule has 0 unspecified atom stereocenters. The molecule has 1 N–H and O–H groups in total. The van der Waals surface area contributed by atoms with E-state index in [2.05, 4.69) is 37.5 Å². The fourth-order valence-electron chi connectivity index (χ4n) is 2.46. The molecular formula is C18H18Br2O2Si. The van der Waals surface area contributed by atoms with Gasteiger partial charge in [-0.25, -0.2) is 4.79 Å². The zero-order valence-electron chi connectivity index (χ0n) is 12.8. The Hall–Kier alpha value is -1.17. The van der Waals surface area contributed by atoms with Crippen LogP contribution in [0.3, 0.4) is 0 Å². The minimum atomic E-state index is -0.877. The van der Waals surface area contributed by atoms with Crippen molar-refractivity contribution in [3.05, 3.63) is 60.2 Å². The van der Waals surface area contributed by atoms with Crippen molar-refractivity contribution >= 4 is 64.1 Å². The number of fused-ring (bicyclic) bond motifs is 2. The molecule has 0 fully saturated rings. The molecule has 0 aliphatic heterocycles. The third-order valence-electron chi connectivity index (χ3n) is 3.49. The third-order valence-corrected chi connectivity index (χ3v) is 7.25. The lowest BCUT2D eigenvalue weighted by Crippen LogP contribution is -1.99. The molecule has 0 bridgehead atoms. The van der Waals surface area contributed by atoms with E-state index >= 15 is 0 Å². The van der Waals surface area contributed by atoms with Gasteiger partial charge < -0.3 is 5.11 Å². The molecule has 0 spiro atoms. The smallest absolute Gasteiger partial charge is 0.336 e. The third kappa shape index (κ3) is 4.65. The lowest BCUT2D eigenvalue weighted by Gasteiger charge is -2.07. The van der Waals surface area contributed by atoms with E-state index < -0.39 is 12.0 Å². The van der Waals surface area contributed by atoms with Crippen LogP contribution in [-0.4, -0.2) is 17.1 Å². The zero-order valence-corrected chi connectivity index (χ0v) is 17.1. The van der Waals surface area contributed by atoms with Crippen molar-refractivity contribution in [2.24, 2.45) is 0 Å². The Morgan fingerprint density at radius 1 is 1.00 bits per heavy atom. The highest BCUT2D eigenvalue weighted by atomic mass is 79.9. The number of hydrogen-bond acceptors (Lipinski definition) is 1. The first-order chi connectivity index (χ1) is 11.0. The van der Waals surface area contributed by atoms with Crippen molar-refractivity contribution in [2.75, 3.05) is 0 Å². The van der Waals surface area contributed by atoms with E-state index in [4.69, 9.17) is 0 Å². The molecule has 0 saturated carbocycles. The van der Waals surface area contributed by atoms with E-state index in [1.807, 2.05) is 54.6 Å². The summed E-state index contributed by atoms with van der Waals surface area (Å²) in [6, 6.07) is 18.0. The Morgan fingerprint density at radius 3 is 1.83 bits per heavy atom. The zero-order chi connectivity index (χ0) is 16.8. The van der Waals surface area contributed by atoms with E-state index in [0.29, 0.717) is 5.56 Å². The number of carboxylic acid groups (broad SMARTS) is 1. The highest BCUT2D eigenvalue weighted by Crippen LogP contribution is 2.28. The van der Waals surface area contributed by atoms with Crippen molar-refractivity contribution in [1.29, 1.82) is 0 Å². The molecule has 23 heavy (non-hydrogen) atoms. The number of carboxylic acids is 1. The Kier molecular flexibility index (Phi) is 6.81. The molecule has 0 aliphatic rings. The van der Waals surface area contributed by atoms with Gasteiger partial charge in [0.15, 0.2) is 6.04 Å². The van der Waals surface area contributed by atoms with Crippen LogP contribution in [0.2, 0.25) is 6.04 Å². The quantitative estimate of drug-likeness (QED) is 0.295. The van der Waals surface area contributed by atoms with Crippen LogP contribution >= 0.6 is 30.6 Å². The fourth-order valence-corrected chi connectivity index (χ4v) is 5.65. The van der Waals surface area contributed by atoms with Crippen LogP contribution in [0.15, 0.2) is 54.6 Å². The molecule has 0 amide bonds. The number of benzene rings is 3. The van der Waals surface area contributed by atoms with Gasteiger partial charge in [0.1, 0.15) is 0 Å². The largest absolute Gasteiger partial charge is 0.478 e. The first kappa shape index (κ1) is 18.2. The number of hydrogen-bond donors (Lipinski definition) is 1. The van der Waals surface area contributed by atoms with Gasteiger partial charge in [-0.15, -0.1) is 30.6 Å². The molecule has 0 saturated heterocycles. The van der Waals surface area contributed by atoms with Gasteiger partial charge in [-0.3, -0.25) is 0 Å². The highest BCUT2D eigenvalue weighted by Gasteiger charge is 2.12. The average molecular weight is 454 g/mol. The molecule has 120 valence electrons. The van der Waals surface area contributed by atoms with Crippen LogP contribution in [0, 0.1) is 0 Å². The van der Waals surface area contributed by atoms with Gasteiger partial charge in [-0.1, -0.05) is 61.9 Å². The van der Waals surface area contributed by atoms with E-state index in [0.717, 1.165) is 21.5 Å². The molecule has 3 rings (SSSR count). The number of carbonyl (C=O) groups is 1. The summed E-state index contributed by atoms with van der Waals surface area (Å²) in [6.07, 6.45) is 1.30. The van der Waals surface area contributed by atoms with Gasteiger partial charge in [-0.2, -0.15) is 0 Å². The van der Waals surface area contributed by atoms with Crippen molar-refractivity contribution in [2.45, 2.75) is 19.4 Å². The lowest BCUT2D eigenvalue weighted by molar-refractivity contribution is 0.0701. The summed E-state index contributed by atoms with van der Waals surface area (Å²) >= 11 is 6.98. The standard InChI is InChI=1S/C15H10O2.C3H8Br2Si/c16-15(17)14-12-7-3-1-5-10(12)9-11-6-2-4-8-13(11)14;1-2-3-6(4)5/h1-9H,(H,16,17);6H,2-3H2,1H3. The van der Waals surface area contributed by atoms with E-state index in [9.17, 15) is 9.90 Å². The average Bonchev–Trinajstić information content (AvgIpc) is 2.52. The predicted octanol–water partition coefficient (Wildman–Crippen LogP) is 6.10. The predicted molar refractivity (Wildman–Crippen MR) is 109 cm³/mol. The number of rotatable bonds is 3. The monoisotopic (exact) mass is 452 g/mol. The van der Waals surface area contributed by atoms with Crippen LogP contribution < -0.4 is 0 Å². The Balaban J connectivity index is 0.000000277. The maximum atomic E-state index is 11.4. The summed E-state index contributed by atoms with van der Waals surface area (Å²) in [4.78, 5) is 11.4. The van der Waals surface area contributed by atoms with Crippen LogP contribution in [0.1, 0.15) is 23.7 Å². The molecule has 0 heterocycles. The molecule has 5 heteroatoms. The second kappa shape index (κ2) is 8.62. The summed E-state index contributed by atoms with van der Waals surface area (Å²) < 4.78 is 0. The van der Waals surface area contributed by atoms with Crippen LogP contribution in [0.25, 0.3) is 21.5 Å². The highest BCUT2D eigenvalue weighted by molar-refractivity contribution is 9.49. The summed E-state index contributed by atoms with van der Waals surface area (Å²) in [6.45, 7) is 2.20. The summed E-state index contributed by atoms with van der Waals surface area (Å²) in [7, 11) is 0. The molecular weight excluding hydrogens is 436 g/mol. The molecule has 0 aliphatic carbocycles. The Morgan fingerprint density at radius 2 is 1.48 bits per heavy atom. The molecule has 0 radical (unpaired) electrons. The van der Waals surface area contributed by atoms with Crippen LogP contribution in [0.4, 0.5) is 0 Å². The van der Waals surface area contributed by atoms with Gasteiger partial charge in [0, 0.05) is 0 Å². The van der Waals surface area contributed by atoms with Gasteiger partial charge in [-0.05, 0) is 33.7 Å². The Bertz CT molecular complexity index is 764. The fraction of sp³-hybridized carbons (Fsp3) is 0.167. The summed E-state index contributed by atoms with van der Waals surface area (Å²) in [5.74, 6) is -0.877. The van der Waals surface area contributed by atoms with E-state index in [-0.39, 0.29) is 0 Å². The van der Waals surface area contributed by atoms with Crippen LogP contribution in [-0.2, 0) is 0 Å². The lowest BCUT2D eigenvalue weighted by atomic mass is 9.97. The SMILES string of the molecule is CCC[SiH](Br)Br.O=C(O)c1c2ccccc2cc2ccccc12. The van der Waals surface area contributed by atoms with Crippen molar-refractivity contribution in [3.8, 4) is 0 Å². The molecule has 3 aromatic carbocycles. The molecule has 0 aromatic heterocycles. The van der Waals surface area contributed by atoms with Crippen molar-refractivity contribution in [3.63, 3.8) is 0 Å². The Labute approximate surface area is 153 Å². The second-order valence-electron chi connectivity index (χ2n) is 5.18. The van der Waals surface area contributed by atoms with E-state index in [1.165, 1.54) is 12.5 Å². The van der Waals surface area contributed by atoms with Gasteiger partial charge >= 0.3 is 5.97 Å². The maximum absolute atomic E-state index is 11.4. The maximum Gasteiger partial charge on any atom is 0.336 e. The van der Waals surface area contributed by atoms with Gasteiger partial charge in [0.25, 0.3) is 0 Å². The van der Waals surface area contributed by atoms with Gasteiger partial charge in [0.05, 0.1) is 5.56 Å². The van der Waals surface area contributed by atoms with Crippen molar-refractivity contribution < 1.29 is 9.90 Å². The second-order valence-corrected chi connectivity index (χ2v) is 16.9. The summed E-state index contributed by atoms with van der Waals surface area (Å²) in [5, 5.41) is 12.9. The minimum absolute atomic E-state index is 0.388. The topological polar surface area (TPSA) is 37.3 Å². The van der Waals surface area contributed by atoms with E-state index in [1.54, 1.807) is 0 Å². The first-order valence-electron chi connectivity index (χ1n) is 7.46. The minimum Gasteiger partial charge on any atom is -0.478 e. The molecule has 3 aromatic rings. The molecule has 0 atom stereocenters.